The smallest absolute Gasteiger partial charge is 0.211 e. The highest BCUT2D eigenvalue weighted by Gasteiger charge is 2.91. The molecule has 1 aromatic carbocycles. The van der Waals surface area contributed by atoms with Gasteiger partial charge in [0, 0.05) is 43.4 Å². The maximum atomic E-state index is 12.9. The van der Waals surface area contributed by atoms with E-state index in [-0.39, 0.29) is 22.9 Å². The van der Waals surface area contributed by atoms with Gasteiger partial charge in [0.05, 0.1) is 17.5 Å². The Balaban J connectivity index is 0.904. The molecular formula is C37H50N2O4S. The predicted molar refractivity (Wildman–Crippen MR) is 170 cm³/mol. The summed E-state index contributed by atoms with van der Waals surface area (Å²) in [4.78, 5) is 15.0. The number of nitrogens with zero attached hydrogens (tertiary/aromatic N) is 1. The predicted octanol–water partition coefficient (Wildman–Crippen LogP) is 5.53. The number of aryl methyl sites for hydroxylation is 1. The molecule has 0 radical (unpaired) electrons. The van der Waals surface area contributed by atoms with E-state index in [9.17, 15) is 13.2 Å². The van der Waals surface area contributed by atoms with Gasteiger partial charge in [-0.1, -0.05) is 49.8 Å². The normalized spacial score (nSPS) is 48.5. The van der Waals surface area contributed by atoms with Crippen LogP contribution >= 0.6 is 0 Å². The molecule has 9 rings (SSSR count). The standard InChI is InChI=1S/C37H50N2O4S/c1-24-18-32-33(39(22-24)16-15-38-44(41,42)17-12-25-6-4-3-5-7-25)31-21-36-23-35(36)20-30-28(29(35)11-14-37(31,36)43-32)9-8-26-19-27(40)10-13-34(26,30)2/h3-7,19,24,28-33,38H,8-18,20-23H2,1-2H3/t24-,28-,29-,30-,31+,32+,33-,34-,35?,36?,37+/m0/s1. The number of ketones is 1. The van der Waals surface area contributed by atoms with Crippen LogP contribution in [0.1, 0.15) is 83.6 Å². The molecule has 0 bridgehead atoms. The Hall–Kier alpha value is -1.54. The van der Waals surface area contributed by atoms with Gasteiger partial charge < -0.3 is 4.74 Å². The largest absolute Gasteiger partial charge is 0.369 e. The highest BCUT2D eigenvalue weighted by atomic mass is 32.2. The fraction of sp³-hybridized carbons (Fsp3) is 0.757. The van der Waals surface area contributed by atoms with Gasteiger partial charge >= 0.3 is 0 Å². The lowest BCUT2D eigenvalue weighted by atomic mass is 9.47. The van der Waals surface area contributed by atoms with Crippen LogP contribution in [-0.2, 0) is 26.0 Å². The lowest BCUT2D eigenvalue weighted by Crippen LogP contribution is -2.64. The van der Waals surface area contributed by atoms with Crippen molar-refractivity contribution in [2.75, 3.05) is 25.4 Å². The van der Waals surface area contributed by atoms with Gasteiger partial charge in [0.25, 0.3) is 0 Å². The van der Waals surface area contributed by atoms with Crippen molar-refractivity contribution in [1.82, 2.24) is 9.62 Å². The number of sulfonamides is 1. The average Bonchev–Trinajstić information content (AvgIpc) is 3.48. The quantitative estimate of drug-likeness (QED) is 0.435. The first kappa shape index (κ1) is 28.7. The van der Waals surface area contributed by atoms with E-state index in [2.05, 4.69) is 23.5 Å². The van der Waals surface area contributed by atoms with Gasteiger partial charge in [-0.15, -0.1) is 0 Å². The Morgan fingerprint density at radius 3 is 2.73 bits per heavy atom. The van der Waals surface area contributed by atoms with Crippen LogP contribution in [0.4, 0.5) is 0 Å². The lowest BCUT2D eigenvalue weighted by Gasteiger charge is -2.60. The van der Waals surface area contributed by atoms with Gasteiger partial charge in [-0.25, -0.2) is 13.1 Å². The summed E-state index contributed by atoms with van der Waals surface area (Å²) >= 11 is 0. The number of hydrogen-bond donors (Lipinski definition) is 1. The number of fused-ring (bicyclic) bond motifs is 6. The molecule has 0 aromatic heterocycles. The van der Waals surface area contributed by atoms with Crippen LogP contribution < -0.4 is 4.72 Å². The van der Waals surface area contributed by atoms with E-state index < -0.39 is 10.0 Å². The first-order chi connectivity index (χ1) is 21.1. The van der Waals surface area contributed by atoms with Crippen LogP contribution in [0.25, 0.3) is 0 Å². The van der Waals surface area contributed by atoms with Crippen molar-refractivity contribution in [1.29, 1.82) is 0 Å². The van der Waals surface area contributed by atoms with Crippen molar-refractivity contribution in [3.8, 4) is 0 Å². The second-order valence-electron chi connectivity index (χ2n) is 16.8. The van der Waals surface area contributed by atoms with Crippen molar-refractivity contribution >= 4 is 15.8 Å². The molecule has 11 atom stereocenters. The third kappa shape index (κ3) is 3.76. The van der Waals surface area contributed by atoms with Crippen molar-refractivity contribution in [2.24, 2.45) is 45.8 Å². The highest BCUT2D eigenvalue weighted by molar-refractivity contribution is 7.89. The summed E-state index contributed by atoms with van der Waals surface area (Å²) < 4.78 is 36.1. The third-order valence-corrected chi connectivity index (χ3v) is 16.5. The zero-order valence-corrected chi connectivity index (χ0v) is 27.4. The minimum absolute atomic E-state index is 0.0476. The van der Waals surface area contributed by atoms with Crippen LogP contribution in [0.3, 0.4) is 0 Å². The number of rotatable bonds is 7. The zero-order valence-electron chi connectivity index (χ0n) is 26.6. The second-order valence-corrected chi connectivity index (χ2v) is 18.7. The molecule has 44 heavy (non-hydrogen) atoms. The van der Waals surface area contributed by atoms with Crippen molar-refractivity contribution in [3.05, 3.63) is 47.5 Å². The molecule has 3 spiro atoms. The molecule has 6 nitrogen and oxygen atoms in total. The number of hydrogen-bond acceptors (Lipinski definition) is 5. The van der Waals surface area contributed by atoms with Gasteiger partial charge in [-0.2, -0.15) is 0 Å². The third-order valence-electron chi connectivity index (χ3n) is 15.1. The Bertz CT molecular complexity index is 1510. The summed E-state index contributed by atoms with van der Waals surface area (Å²) in [5.74, 6) is 4.06. The molecule has 2 aliphatic heterocycles. The van der Waals surface area contributed by atoms with E-state index in [1.54, 1.807) is 0 Å². The van der Waals surface area contributed by atoms with Crippen LogP contribution in [0, 0.1) is 45.8 Å². The molecule has 2 saturated heterocycles. The molecular weight excluding hydrogens is 568 g/mol. The molecule has 5 saturated carbocycles. The van der Waals surface area contributed by atoms with E-state index in [1.165, 1.54) is 44.1 Å². The monoisotopic (exact) mass is 618 g/mol. The fourth-order valence-electron chi connectivity index (χ4n) is 13.4. The van der Waals surface area contributed by atoms with E-state index in [0.29, 0.717) is 47.5 Å². The van der Waals surface area contributed by atoms with Crippen molar-refractivity contribution < 1.29 is 17.9 Å². The van der Waals surface area contributed by atoms with Crippen molar-refractivity contribution in [2.45, 2.75) is 102 Å². The molecule has 2 heterocycles. The van der Waals surface area contributed by atoms with Crippen LogP contribution in [0.15, 0.2) is 42.0 Å². The van der Waals surface area contributed by atoms with Crippen LogP contribution in [0.2, 0.25) is 0 Å². The Labute approximate surface area is 263 Å². The highest BCUT2D eigenvalue weighted by Crippen LogP contribution is 2.93. The second kappa shape index (κ2) is 9.51. The van der Waals surface area contributed by atoms with Gasteiger partial charge in [0.2, 0.25) is 10.0 Å². The summed E-state index contributed by atoms with van der Waals surface area (Å²) in [6, 6.07) is 10.3. The first-order valence-corrected chi connectivity index (χ1v) is 19.4. The number of nitrogens with one attached hydrogen (secondary N) is 1. The van der Waals surface area contributed by atoms with Crippen LogP contribution in [-0.4, -0.2) is 62.2 Å². The summed E-state index contributed by atoms with van der Waals surface area (Å²) in [6.45, 7) is 7.15. The summed E-state index contributed by atoms with van der Waals surface area (Å²) in [5, 5.41) is 0. The Morgan fingerprint density at radius 2 is 1.89 bits per heavy atom. The summed E-state index contributed by atoms with van der Waals surface area (Å²) in [5.41, 5.74) is 3.66. The molecule has 7 heteroatoms. The lowest BCUT2D eigenvalue weighted by molar-refractivity contribution is -0.211. The van der Waals surface area contributed by atoms with E-state index in [0.717, 1.165) is 62.1 Å². The maximum absolute atomic E-state index is 12.9. The van der Waals surface area contributed by atoms with Crippen LogP contribution in [0.5, 0.6) is 0 Å². The minimum Gasteiger partial charge on any atom is -0.369 e. The molecule has 238 valence electrons. The molecule has 1 aromatic rings. The average molecular weight is 619 g/mol. The van der Waals surface area contributed by atoms with Gasteiger partial charge in [-0.3, -0.25) is 9.69 Å². The maximum Gasteiger partial charge on any atom is 0.211 e. The van der Waals surface area contributed by atoms with E-state index in [4.69, 9.17) is 4.74 Å². The number of allylic oxidation sites excluding steroid dienone is 2. The number of carbonyl (C=O) groups excluding carboxylic acids is 1. The van der Waals surface area contributed by atoms with Crippen molar-refractivity contribution in [3.63, 3.8) is 0 Å². The first-order valence-electron chi connectivity index (χ1n) is 17.8. The number of benzene rings is 1. The molecule has 7 fully saturated rings. The van der Waals surface area contributed by atoms with E-state index in [1.807, 2.05) is 36.4 Å². The van der Waals surface area contributed by atoms with Gasteiger partial charge in [0.1, 0.15) is 0 Å². The minimum atomic E-state index is -3.32. The Morgan fingerprint density at radius 1 is 1.05 bits per heavy atom. The number of carbonyl (C=O) groups is 1. The zero-order chi connectivity index (χ0) is 30.1. The number of likely N-dealkylation sites (tertiary alicyclic amines) is 1. The summed E-state index contributed by atoms with van der Waals surface area (Å²) in [7, 11) is -3.32. The van der Waals surface area contributed by atoms with Gasteiger partial charge in [0.15, 0.2) is 5.78 Å². The van der Waals surface area contributed by atoms with Gasteiger partial charge in [-0.05, 0) is 110 Å². The number of piperidine rings is 1. The molecule has 2 unspecified atom stereocenters. The Kier molecular flexibility index (Phi) is 6.20. The molecule has 8 aliphatic rings. The molecule has 0 amide bonds. The number of ether oxygens (including phenoxy) is 1. The topological polar surface area (TPSA) is 75.7 Å². The van der Waals surface area contributed by atoms with E-state index >= 15 is 0 Å². The fourth-order valence-corrected chi connectivity index (χ4v) is 14.4. The summed E-state index contributed by atoms with van der Waals surface area (Å²) in [6.07, 6.45) is 14.8. The molecule has 1 N–H and O–H groups in total. The molecule has 6 aliphatic carbocycles. The SMILES string of the molecule is C[C@H]1C[C@H]2O[C@@]34CC[C@H]5[C@@H]6CCC7=CC(=O)CC[C@]7(C)[C@H]6CC56CC63C[C@@H]4[C@@H]2N(CCNS(=O)(=O)CCc2ccccc2)C1.